The van der Waals surface area contributed by atoms with E-state index in [-0.39, 0.29) is 0 Å². The number of hydrogen-bond donors (Lipinski definition) is 1. The zero-order valence-electron chi connectivity index (χ0n) is 9.25. The fourth-order valence-electron chi connectivity index (χ4n) is 1.27. The average molecular weight is 193 g/mol. The third-order valence-electron chi connectivity index (χ3n) is 2.08. The van der Waals surface area contributed by atoms with Gasteiger partial charge in [0, 0.05) is 12.7 Å². The second kappa shape index (κ2) is 5.60. The van der Waals surface area contributed by atoms with Gasteiger partial charge in [0.1, 0.15) is 5.82 Å². The van der Waals surface area contributed by atoms with E-state index >= 15 is 0 Å². The third-order valence-corrected chi connectivity index (χ3v) is 2.08. The van der Waals surface area contributed by atoms with Crippen LogP contribution >= 0.6 is 0 Å². The van der Waals surface area contributed by atoms with Crippen molar-refractivity contribution in [2.24, 2.45) is 0 Å². The number of aromatic nitrogens is 1. The molecule has 0 aliphatic rings. The van der Waals surface area contributed by atoms with E-state index in [9.17, 15) is 0 Å². The Labute approximate surface area is 86.2 Å². The molecule has 0 saturated heterocycles. The average Bonchev–Trinajstić information content (AvgIpc) is 2.15. The molecule has 1 N–H and O–H groups in total. The van der Waals surface area contributed by atoms with E-state index in [1.54, 1.807) is 0 Å². The summed E-state index contributed by atoms with van der Waals surface area (Å²) in [5, 5.41) is 3.33. The molecule has 1 aromatic heterocycles. The van der Waals surface area contributed by atoms with E-state index in [2.05, 4.69) is 42.3 Å². The van der Waals surface area contributed by atoms with Crippen molar-refractivity contribution in [1.82, 2.24) is 9.88 Å². The maximum atomic E-state index is 4.27. The molecule has 3 heteroatoms. The molecule has 0 spiro atoms. The summed E-state index contributed by atoms with van der Waals surface area (Å²) >= 11 is 0. The summed E-state index contributed by atoms with van der Waals surface area (Å²) in [6.45, 7) is 4.16. The predicted octanol–water partition coefficient (Wildman–Crippen LogP) is 1.75. The van der Waals surface area contributed by atoms with Crippen LogP contribution in [0.4, 0.5) is 5.82 Å². The van der Waals surface area contributed by atoms with Crippen molar-refractivity contribution in [2.45, 2.75) is 13.3 Å². The zero-order valence-corrected chi connectivity index (χ0v) is 9.25. The van der Waals surface area contributed by atoms with E-state index in [1.807, 2.05) is 12.3 Å². The molecule has 0 amide bonds. The van der Waals surface area contributed by atoms with Crippen LogP contribution in [0.2, 0.25) is 0 Å². The van der Waals surface area contributed by atoms with Crippen LogP contribution in [0.1, 0.15) is 12.0 Å². The Hall–Kier alpha value is -1.09. The normalized spacial score (nSPS) is 10.6. The zero-order chi connectivity index (χ0) is 10.4. The molecule has 1 rings (SSSR count). The minimum Gasteiger partial charge on any atom is -0.370 e. The number of nitrogens with one attached hydrogen (secondary N) is 1. The van der Waals surface area contributed by atoms with Gasteiger partial charge in [0.2, 0.25) is 0 Å². The predicted molar refractivity (Wildman–Crippen MR) is 60.6 cm³/mol. The summed E-state index contributed by atoms with van der Waals surface area (Å²) in [7, 11) is 4.18. The van der Waals surface area contributed by atoms with Gasteiger partial charge in [-0.25, -0.2) is 4.98 Å². The second-order valence-corrected chi connectivity index (χ2v) is 3.75. The molecule has 0 aliphatic carbocycles. The van der Waals surface area contributed by atoms with Gasteiger partial charge in [0.15, 0.2) is 0 Å². The Kier molecular flexibility index (Phi) is 4.40. The highest BCUT2D eigenvalue weighted by atomic mass is 15.1. The van der Waals surface area contributed by atoms with Gasteiger partial charge < -0.3 is 10.2 Å². The Morgan fingerprint density at radius 2 is 2.21 bits per heavy atom. The van der Waals surface area contributed by atoms with Gasteiger partial charge in [-0.3, -0.25) is 0 Å². The van der Waals surface area contributed by atoms with E-state index in [1.165, 1.54) is 5.56 Å². The van der Waals surface area contributed by atoms with Crippen LogP contribution in [0.5, 0.6) is 0 Å². The van der Waals surface area contributed by atoms with Crippen molar-refractivity contribution in [3.8, 4) is 0 Å². The first-order valence-corrected chi connectivity index (χ1v) is 5.00. The van der Waals surface area contributed by atoms with Crippen LogP contribution in [-0.2, 0) is 0 Å². The van der Waals surface area contributed by atoms with Gasteiger partial charge in [-0.2, -0.15) is 0 Å². The van der Waals surface area contributed by atoms with E-state index in [0.717, 1.165) is 25.3 Å². The highest BCUT2D eigenvalue weighted by Gasteiger charge is 1.96. The molecular formula is C11H19N3. The quantitative estimate of drug-likeness (QED) is 0.722. The van der Waals surface area contributed by atoms with Crippen LogP contribution in [0.3, 0.4) is 0 Å². The Bertz CT molecular complexity index is 271. The van der Waals surface area contributed by atoms with Gasteiger partial charge >= 0.3 is 0 Å². The third kappa shape index (κ3) is 3.75. The first-order chi connectivity index (χ1) is 6.70. The monoisotopic (exact) mass is 193 g/mol. The number of rotatable bonds is 5. The van der Waals surface area contributed by atoms with E-state index < -0.39 is 0 Å². The number of anilines is 1. The molecule has 3 nitrogen and oxygen atoms in total. The summed E-state index contributed by atoms with van der Waals surface area (Å²) < 4.78 is 0. The molecule has 14 heavy (non-hydrogen) atoms. The summed E-state index contributed by atoms with van der Waals surface area (Å²) in [6, 6.07) is 4.03. The Morgan fingerprint density at radius 1 is 1.43 bits per heavy atom. The molecule has 78 valence electrons. The minimum absolute atomic E-state index is 0.982. The van der Waals surface area contributed by atoms with Gasteiger partial charge in [0.25, 0.3) is 0 Å². The first kappa shape index (κ1) is 11.0. The lowest BCUT2D eigenvalue weighted by Gasteiger charge is -2.11. The maximum absolute atomic E-state index is 4.27. The fourth-order valence-corrected chi connectivity index (χ4v) is 1.27. The van der Waals surface area contributed by atoms with Crippen LogP contribution < -0.4 is 5.32 Å². The summed E-state index contributed by atoms with van der Waals surface area (Å²) in [5.74, 6) is 1.01. The number of pyridine rings is 1. The van der Waals surface area contributed by atoms with Crippen LogP contribution in [0.15, 0.2) is 18.3 Å². The largest absolute Gasteiger partial charge is 0.370 e. The topological polar surface area (TPSA) is 28.2 Å². The van der Waals surface area contributed by atoms with Gasteiger partial charge in [0.05, 0.1) is 0 Å². The van der Waals surface area contributed by atoms with Gasteiger partial charge in [-0.05, 0) is 45.6 Å². The van der Waals surface area contributed by atoms with Gasteiger partial charge in [-0.15, -0.1) is 0 Å². The molecule has 1 aromatic rings. The highest BCUT2D eigenvalue weighted by molar-refractivity contribution is 5.42. The highest BCUT2D eigenvalue weighted by Crippen LogP contribution is 2.08. The standard InChI is InChI=1S/C11H19N3/c1-10-6-4-7-12-11(10)13-8-5-9-14(2)3/h4,6-7H,5,8-9H2,1-3H3,(H,12,13). The van der Waals surface area contributed by atoms with Crippen molar-refractivity contribution in [1.29, 1.82) is 0 Å². The molecule has 0 saturated carbocycles. The lowest BCUT2D eigenvalue weighted by Crippen LogP contribution is -2.16. The summed E-state index contributed by atoms with van der Waals surface area (Å²) in [6.07, 6.45) is 2.96. The lowest BCUT2D eigenvalue weighted by molar-refractivity contribution is 0.405. The van der Waals surface area contributed by atoms with Crippen molar-refractivity contribution < 1.29 is 0 Å². The molecule has 1 heterocycles. The lowest BCUT2D eigenvalue weighted by atomic mass is 10.3. The summed E-state index contributed by atoms with van der Waals surface area (Å²) in [4.78, 5) is 6.46. The SMILES string of the molecule is Cc1cccnc1NCCCN(C)C. The van der Waals surface area contributed by atoms with Crippen LogP contribution in [0.25, 0.3) is 0 Å². The molecule has 0 radical (unpaired) electrons. The van der Waals surface area contributed by atoms with Crippen LogP contribution in [-0.4, -0.2) is 37.1 Å². The molecule has 0 atom stereocenters. The maximum Gasteiger partial charge on any atom is 0.128 e. The molecule has 0 aromatic carbocycles. The number of nitrogens with zero attached hydrogens (tertiary/aromatic N) is 2. The Morgan fingerprint density at radius 3 is 2.86 bits per heavy atom. The number of hydrogen-bond acceptors (Lipinski definition) is 3. The van der Waals surface area contributed by atoms with E-state index in [4.69, 9.17) is 0 Å². The fraction of sp³-hybridized carbons (Fsp3) is 0.545. The first-order valence-electron chi connectivity index (χ1n) is 5.00. The molecular weight excluding hydrogens is 174 g/mol. The second-order valence-electron chi connectivity index (χ2n) is 3.75. The Balaban J connectivity index is 2.28. The molecule has 0 bridgehead atoms. The molecule has 0 unspecified atom stereocenters. The molecule has 0 aliphatic heterocycles. The summed E-state index contributed by atoms with van der Waals surface area (Å²) in [5.41, 5.74) is 1.21. The van der Waals surface area contributed by atoms with Crippen LogP contribution in [0, 0.1) is 6.92 Å². The van der Waals surface area contributed by atoms with Crippen molar-refractivity contribution in [3.63, 3.8) is 0 Å². The molecule has 0 fully saturated rings. The minimum atomic E-state index is 0.982. The number of aryl methyl sites for hydroxylation is 1. The van der Waals surface area contributed by atoms with E-state index in [0.29, 0.717) is 0 Å². The van der Waals surface area contributed by atoms with Crippen molar-refractivity contribution in [2.75, 3.05) is 32.5 Å². The van der Waals surface area contributed by atoms with Crippen molar-refractivity contribution >= 4 is 5.82 Å². The van der Waals surface area contributed by atoms with Crippen molar-refractivity contribution in [3.05, 3.63) is 23.9 Å². The smallest absolute Gasteiger partial charge is 0.128 e. The van der Waals surface area contributed by atoms with Gasteiger partial charge in [-0.1, -0.05) is 6.07 Å².